The van der Waals surface area contributed by atoms with E-state index >= 15 is 0 Å². The van der Waals surface area contributed by atoms with E-state index < -0.39 is 23.7 Å². The van der Waals surface area contributed by atoms with Crippen molar-refractivity contribution in [2.24, 2.45) is 17.8 Å². The molecule has 212 valence electrons. The first kappa shape index (κ1) is 29.0. The number of ether oxygens (including phenoxy) is 1. The third-order valence-electron chi connectivity index (χ3n) is 9.21. The van der Waals surface area contributed by atoms with Gasteiger partial charge in [0, 0.05) is 22.6 Å². The van der Waals surface area contributed by atoms with Crippen LogP contribution in [0.2, 0.25) is 0 Å². The van der Waals surface area contributed by atoms with Crippen LogP contribution in [-0.2, 0) is 9.53 Å². The van der Waals surface area contributed by atoms with Crippen LogP contribution >= 0.6 is 11.8 Å². The van der Waals surface area contributed by atoms with Gasteiger partial charge in [0.25, 0.3) is 0 Å². The number of amides is 1. The Morgan fingerprint density at radius 3 is 1.73 bits per heavy atom. The van der Waals surface area contributed by atoms with Crippen molar-refractivity contribution in [2.45, 2.75) is 152 Å². The molecule has 6 aliphatic rings. The first-order chi connectivity index (χ1) is 17.6. The summed E-state index contributed by atoms with van der Waals surface area (Å²) >= 11 is 1.78. The predicted octanol–water partition coefficient (Wildman–Crippen LogP) is 6.91. The number of carboxylic acid groups (broad SMARTS) is 1. The molecule has 6 fully saturated rings. The van der Waals surface area contributed by atoms with Crippen LogP contribution in [0.4, 0.5) is 4.79 Å². The van der Waals surface area contributed by atoms with Gasteiger partial charge in [-0.2, -0.15) is 11.8 Å². The number of hydrogen-bond donors (Lipinski definition) is 3. The van der Waals surface area contributed by atoms with Crippen LogP contribution in [0, 0.1) is 17.8 Å². The van der Waals surface area contributed by atoms with Crippen molar-refractivity contribution in [3.63, 3.8) is 0 Å². The van der Waals surface area contributed by atoms with Crippen LogP contribution in [0.15, 0.2) is 0 Å². The number of carboxylic acids is 1. The topological polar surface area (TPSA) is 87.7 Å². The summed E-state index contributed by atoms with van der Waals surface area (Å²) in [4.78, 5) is 23.4. The fraction of sp³-hybridized carbons (Fsp3) is 0.933. The van der Waals surface area contributed by atoms with Gasteiger partial charge in [-0.1, -0.05) is 38.5 Å². The van der Waals surface area contributed by atoms with Gasteiger partial charge in [-0.05, 0) is 103 Å². The normalized spacial score (nSPS) is 32.8. The number of hydrogen-bond acceptors (Lipinski definition) is 5. The van der Waals surface area contributed by atoms with Gasteiger partial charge in [0.15, 0.2) is 0 Å². The molecule has 3 N–H and O–H groups in total. The van der Waals surface area contributed by atoms with E-state index in [-0.39, 0.29) is 4.75 Å². The van der Waals surface area contributed by atoms with E-state index in [9.17, 15) is 14.7 Å². The van der Waals surface area contributed by atoms with Crippen LogP contribution in [0.3, 0.4) is 0 Å². The van der Waals surface area contributed by atoms with Gasteiger partial charge < -0.3 is 20.5 Å². The Morgan fingerprint density at radius 1 is 0.865 bits per heavy atom. The largest absolute Gasteiger partial charge is 0.480 e. The average Bonchev–Trinajstić information content (AvgIpc) is 2.81. The molecule has 6 nitrogen and oxygen atoms in total. The Kier molecular flexibility index (Phi) is 10.2. The monoisotopic (exact) mass is 536 g/mol. The molecule has 0 aromatic rings. The first-order valence-corrected chi connectivity index (χ1v) is 16.2. The Labute approximate surface area is 229 Å². The minimum atomic E-state index is -0.988. The molecule has 0 aromatic carbocycles. The quantitative estimate of drug-likeness (QED) is 0.328. The molecule has 1 atom stereocenters. The summed E-state index contributed by atoms with van der Waals surface area (Å²) in [5, 5.41) is 15.8. The molecule has 6 rings (SSSR count). The zero-order valence-corrected chi connectivity index (χ0v) is 24.4. The second-order valence-corrected chi connectivity index (χ2v) is 15.3. The van der Waals surface area contributed by atoms with Gasteiger partial charge in [0.2, 0.25) is 0 Å². The van der Waals surface area contributed by atoms with E-state index in [1.54, 1.807) is 32.5 Å². The summed E-state index contributed by atoms with van der Waals surface area (Å²) in [6, 6.07) is 0.853. The van der Waals surface area contributed by atoms with Gasteiger partial charge in [-0.3, -0.25) is 0 Å². The highest BCUT2D eigenvalue weighted by Crippen LogP contribution is 2.60. The van der Waals surface area contributed by atoms with Crippen LogP contribution in [0.1, 0.15) is 124 Å². The minimum absolute atomic E-state index is 0.248. The number of carbonyl (C=O) groups is 2. The molecule has 6 aliphatic carbocycles. The number of thioether (sulfide) groups is 1. The first-order valence-electron chi connectivity index (χ1n) is 15.2. The molecular formula is C30H52N2O4S. The Bertz CT molecular complexity index is 704. The highest BCUT2D eigenvalue weighted by molar-refractivity contribution is 8.00. The second-order valence-electron chi connectivity index (χ2n) is 13.8. The van der Waals surface area contributed by atoms with E-state index in [4.69, 9.17) is 4.74 Å². The third kappa shape index (κ3) is 9.05. The van der Waals surface area contributed by atoms with Crippen molar-refractivity contribution in [2.75, 3.05) is 5.75 Å². The number of alkyl carbamates (subject to hydrolysis) is 1. The molecule has 0 saturated heterocycles. The zero-order chi connectivity index (χ0) is 26.5. The zero-order valence-electron chi connectivity index (χ0n) is 23.6. The lowest BCUT2D eigenvalue weighted by Gasteiger charge is -2.56. The summed E-state index contributed by atoms with van der Waals surface area (Å²) in [7, 11) is 0. The fourth-order valence-corrected chi connectivity index (χ4v) is 9.77. The molecule has 0 aromatic heterocycles. The molecule has 6 saturated carbocycles. The Hall–Kier alpha value is -0.950. The van der Waals surface area contributed by atoms with Crippen molar-refractivity contribution in [1.29, 1.82) is 0 Å². The van der Waals surface area contributed by atoms with Gasteiger partial charge in [-0.25, -0.2) is 9.59 Å². The van der Waals surface area contributed by atoms with E-state index in [0.29, 0.717) is 5.75 Å². The maximum Gasteiger partial charge on any atom is 0.408 e. The van der Waals surface area contributed by atoms with Crippen LogP contribution in [0.5, 0.6) is 0 Å². The number of carbonyl (C=O) groups excluding carboxylic acids is 1. The maximum absolute atomic E-state index is 11.9. The molecule has 0 aliphatic heterocycles. The Balaban J connectivity index is 0.000000207. The summed E-state index contributed by atoms with van der Waals surface area (Å²) in [6.45, 7) is 5.31. The van der Waals surface area contributed by atoms with Gasteiger partial charge >= 0.3 is 12.1 Å². The van der Waals surface area contributed by atoms with Crippen molar-refractivity contribution in [1.82, 2.24) is 10.6 Å². The highest BCUT2D eigenvalue weighted by Gasteiger charge is 2.51. The predicted molar refractivity (Wildman–Crippen MR) is 151 cm³/mol. The lowest BCUT2D eigenvalue weighted by atomic mass is 9.56. The van der Waals surface area contributed by atoms with Crippen molar-refractivity contribution in [3.05, 3.63) is 0 Å². The lowest BCUT2D eigenvalue weighted by Crippen LogP contribution is -2.50. The minimum Gasteiger partial charge on any atom is -0.480 e. The van der Waals surface area contributed by atoms with E-state index in [1.807, 2.05) is 0 Å². The van der Waals surface area contributed by atoms with E-state index in [0.717, 1.165) is 29.8 Å². The van der Waals surface area contributed by atoms with E-state index in [1.165, 1.54) is 103 Å². The molecule has 0 radical (unpaired) electrons. The summed E-state index contributed by atoms with van der Waals surface area (Å²) in [5.74, 6) is 1.95. The SMILES string of the molecule is C1CCC(NC2CCCCC2)CC1.CC(C)(C)OC(=O)N[C@@H](CSC12CC3CC(CC(C3)C1)C2)C(=O)O. The average molecular weight is 537 g/mol. The Morgan fingerprint density at radius 2 is 1.32 bits per heavy atom. The van der Waals surface area contributed by atoms with Gasteiger partial charge in [0.05, 0.1) is 0 Å². The summed E-state index contributed by atoms with van der Waals surface area (Å²) in [5.41, 5.74) is -0.625. The molecule has 0 spiro atoms. The van der Waals surface area contributed by atoms with Gasteiger partial charge in [0.1, 0.15) is 11.6 Å². The number of nitrogens with one attached hydrogen (secondary N) is 2. The molecule has 0 unspecified atom stereocenters. The van der Waals surface area contributed by atoms with Crippen molar-refractivity contribution < 1.29 is 19.4 Å². The van der Waals surface area contributed by atoms with Crippen LogP contribution in [-0.4, -0.2) is 51.4 Å². The molecule has 37 heavy (non-hydrogen) atoms. The molecule has 1 amide bonds. The van der Waals surface area contributed by atoms with Crippen molar-refractivity contribution >= 4 is 23.8 Å². The summed E-state index contributed by atoms with van der Waals surface area (Å²) < 4.78 is 5.44. The number of aliphatic carboxylic acids is 1. The summed E-state index contributed by atoms with van der Waals surface area (Å²) in [6.07, 6.45) is 21.7. The number of rotatable bonds is 7. The lowest BCUT2D eigenvalue weighted by molar-refractivity contribution is -0.138. The third-order valence-corrected chi connectivity index (χ3v) is 10.8. The van der Waals surface area contributed by atoms with E-state index in [2.05, 4.69) is 10.6 Å². The second kappa shape index (κ2) is 12.9. The standard InChI is InChI=1S/C18H29NO4S.C12H23N/c1-17(2,3)23-16(22)19-14(15(20)21)10-24-18-7-11-4-12(8-18)6-13(5-11)9-18;1-3-7-11(8-4-1)13-12-9-5-2-6-10-12/h11-14H,4-10H2,1-3H3,(H,19,22)(H,20,21);11-13H,1-10H2/t11?,12?,13?,14-,18?;/m0./s1. The molecule has 4 bridgehead atoms. The highest BCUT2D eigenvalue weighted by atomic mass is 32.2. The molecule has 0 heterocycles. The van der Waals surface area contributed by atoms with Crippen LogP contribution in [0.25, 0.3) is 0 Å². The molecule has 7 heteroatoms. The maximum atomic E-state index is 11.9. The molecular weight excluding hydrogens is 484 g/mol. The van der Waals surface area contributed by atoms with Crippen LogP contribution < -0.4 is 10.6 Å². The fourth-order valence-electron chi connectivity index (χ4n) is 7.96. The van der Waals surface area contributed by atoms with Crippen molar-refractivity contribution in [3.8, 4) is 0 Å². The smallest absolute Gasteiger partial charge is 0.408 e. The van der Waals surface area contributed by atoms with Gasteiger partial charge in [-0.15, -0.1) is 0 Å².